The highest BCUT2D eigenvalue weighted by Crippen LogP contribution is 2.35. The number of Topliss-reactive ketones (excluding diaryl/α,β-unsaturated/α-hetero) is 1. The van der Waals surface area contributed by atoms with E-state index in [-0.39, 0.29) is 29.7 Å². The predicted octanol–water partition coefficient (Wildman–Crippen LogP) is 6.49. The number of benzene rings is 4. The lowest BCUT2D eigenvalue weighted by Crippen LogP contribution is -2.31. The third-order valence-electron chi connectivity index (χ3n) is 7.02. The van der Waals surface area contributed by atoms with Gasteiger partial charge < -0.3 is 15.4 Å². The zero-order chi connectivity index (χ0) is 32.8. The van der Waals surface area contributed by atoms with Crippen molar-refractivity contribution in [3.63, 3.8) is 0 Å². The molecule has 0 saturated carbocycles. The zero-order valence-electron chi connectivity index (χ0n) is 24.8. The van der Waals surface area contributed by atoms with Crippen LogP contribution < -0.4 is 20.3 Å². The maximum absolute atomic E-state index is 13.5. The molecule has 0 unspecified atom stereocenters. The second-order valence-electron chi connectivity index (χ2n) is 10.2. The maximum atomic E-state index is 13.5. The molecule has 0 aliphatic carbocycles. The minimum absolute atomic E-state index is 0.00434. The summed E-state index contributed by atoms with van der Waals surface area (Å²) in [7, 11) is 1.55. The number of ether oxygens (including phenoxy) is 1. The second kappa shape index (κ2) is 14.4. The number of carbonyl (C=O) groups excluding carboxylic acids is 5. The number of nitrogens with one attached hydrogen (secondary N) is 2. The summed E-state index contributed by atoms with van der Waals surface area (Å²) in [6, 6.07) is 27.0. The Kier molecular flexibility index (Phi) is 10.1. The van der Waals surface area contributed by atoms with Crippen molar-refractivity contribution in [1.29, 1.82) is 0 Å². The van der Waals surface area contributed by atoms with Gasteiger partial charge in [-0.25, -0.2) is 4.90 Å². The van der Waals surface area contributed by atoms with Crippen molar-refractivity contribution in [1.82, 2.24) is 5.32 Å². The molecule has 0 bridgehead atoms. The Labute approximate surface area is 278 Å². The number of imide groups is 1. The van der Waals surface area contributed by atoms with Gasteiger partial charge in [0.2, 0.25) is 11.8 Å². The van der Waals surface area contributed by atoms with E-state index in [1.165, 1.54) is 18.7 Å². The lowest BCUT2D eigenvalue weighted by Gasteiger charge is -2.15. The molecule has 1 atom stereocenters. The summed E-state index contributed by atoms with van der Waals surface area (Å²) in [5, 5.41) is 4.88. The Morgan fingerprint density at radius 2 is 1.65 bits per heavy atom. The van der Waals surface area contributed by atoms with Crippen molar-refractivity contribution in [2.24, 2.45) is 0 Å². The fraction of sp³-hybridized carbons (Fsp3) is 0.114. The van der Waals surface area contributed by atoms with E-state index >= 15 is 0 Å². The first kappa shape index (κ1) is 32.4. The predicted molar refractivity (Wildman–Crippen MR) is 181 cm³/mol. The first-order valence-electron chi connectivity index (χ1n) is 14.1. The molecule has 1 saturated heterocycles. The van der Waals surface area contributed by atoms with Crippen LogP contribution in [-0.2, 0) is 14.4 Å². The van der Waals surface area contributed by atoms with E-state index in [2.05, 4.69) is 26.6 Å². The second-order valence-corrected chi connectivity index (χ2v) is 12.4. The van der Waals surface area contributed by atoms with Crippen LogP contribution in [-0.4, -0.2) is 41.8 Å². The zero-order valence-corrected chi connectivity index (χ0v) is 27.2. The van der Waals surface area contributed by atoms with Crippen LogP contribution in [0.3, 0.4) is 0 Å². The van der Waals surface area contributed by atoms with Gasteiger partial charge in [0.1, 0.15) is 11.4 Å². The molecule has 4 aromatic carbocycles. The van der Waals surface area contributed by atoms with Gasteiger partial charge in [0, 0.05) is 28.1 Å². The molecular weight excluding hydrogens is 670 g/mol. The number of amides is 4. The quantitative estimate of drug-likeness (QED) is 0.110. The molecule has 4 aromatic rings. The summed E-state index contributed by atoms with van der Waals surface area (Å²) in [6.45, 7) is 1.45. The van der Waals surface area contributed by atoms with Crippen molar-refractivity contribution in [2.45, 2.75) is 23.5 Å². The van der Waals surface area contributed by atoms with E-state index in [4.69, 9.17) is 4.74 Å². The molecule has 1 heterocycles. The third kappa shape index (κ3) is 7.61. The van der Waals surface area contributed by atoms with Crippen LogP contribution in [0.2, 0.25) is 0 Å². The van der Waals surface area contributed by atoms with Crippen LogP contribution in [0.1, 0.15) is 39.6 Å². The number of halogens is 1. The number of methoxy groups -OCH3 is 1. The number of carbonyl (C=O) groups is 5. The van der Waals surface area contributed by atoms with Crippen molar-refractivity contribution < 1.29 is 28.7 Å². The average molecular weight is 699 g/mol. The van der Waals surface area contributed by atoms with E-state index in [0.29, 0.717) is 43.2 Å². The Balaban J connectivity index is 1.33. The summed E-state index contributed by atoms with van der Waals surface area (Å²) >= 11 is 4.66. The van der Waals surface area contributed by atoms with E-state index in [1.807, 2.05) is 0 Å². The minimum atomic E-state index is -0.667. The van der Waals surface area contributed by atoms with E-state index in [9.17, 15) is 24.0 Å². The van der Waals surface area contributed by atoms with Crippen molar-refractivity contribution in [2.75, 3.05) is 17.3 Å². The molecule has 1 aliphatic heterocycles. The van der Waals surface area contributed by atoms with Crippen molar-refractivity contribution in [3.05, 3.63) is 124 Å². The molecule has 1 aliphatic rings. The first-order chi connectivity index (χ1) is 22.1. The number of anilines is 2. The van der Waals surface area contributed by atoms with Gasteiger partial charge in [-0.3, -0.25) is 24.0 Å². The molecule has 9 nitrogen and oxygen atoms in total. The van der Waals surface area contributed by atoms with Crippen LogP contribution >= 0.6 is 27.7 Å². The molecular formula is C35H28BrN3O6S. The normalized spacial score (nSPS) is 14.6. The van der Waals surface area contributed by atoms with Gasteiger partial charge in [-0.1, -0.05) is 30.3 Å². The number of hydrogen-bond acceptors (Lipinski definition) is 7. The molecule has 46 heavy (non-hydrogen) atoms. The summed E-state index contributed by atoms with van der Waals surface area (Å²) in [4.78, 5) is 66.0. The molecule has 4 amide bonds. The topological polar surface area (TPSA) is 122 Å². The highest BCUT2D eigenvalue weighted by molar-refractivity contribution is 9.10. The Hall–Kier alpha value is -5.00. The van der Waals surface area contributed by atoms with Crippen LogP contribution in [0.5, 0.6) is 5.75 Å². The Morgan fingerprint density at radius 3 is 2.33 bits per heavy atom. The summed E-state index contributed by atoms with van der Waals surface area (Å²) in [5.74, 6) is -1.21. The van der Waals surface area contributed by atoms with Crippen LogP contribution in [0.4, 0.5) is 11.4 Å². The lowest BCUT2D eigenvalue weighted by atomic mass is 10.1. The Bertz CT molecular complexity index is 1860. The standard InChI is InChI=1S/C35H28BrN3O6S/c1-21(40)23-12-14-26(15-13-23)39-32(41)20-31(35(39)44)46-27-10-6-9-25(19-27)37-34(43)29(38-33(42)24-7-4-3-5-8-24)18-22-11-16-30(45-2)28(36)17-22/h3-19,31H,20H2,1-2H3,(H,37,43)(H,38,42)/b29-18-/t31-/m0/s1. The SMILES string of the molecule is COc1ccc(/C=C(\NC(=O)c2ccccc2)C(=O)Nc2cccc(S[C@H]3CC(=O)N(c4ccc(C(C)=O)cc4)C3=O)c2)cc1Br. The van der Waals surface area contributed by atoms with Gasteiger partial charge in [0.05, 0.1) is 22.5 Å². The molecule has 2 N–H and O–H groups in total. The first-order valence-corrected chi connectivity index (χ1v) is 15.8. The summed E-state index contributed by atoms with van der Waals surface area (Å²) < 4.78 is 5.97. The van der Waals surface area contributed by atoms with Gasteiger partial charge in [-0.15, -0.1) is 11.8 Å². The van der Waals surface area contributed by atoms with Gasteiger partial charge in [0.15, 0.2) is 5.78 Å². The third-order valence-corrected chi connectivity index (χ3v) is 8.82. The van der Waals surface area contributed by atoms with Gasteiger partial charge in [0.25, 0.3) is 11.8 Å². The van der Waals surface area contributed by atoms with E-state index in [0.717, 1.165) is 4.90 Å². The molecule has 0 spiro atoms. The van der Waals surface area contributed by atoms with Gasteiger partial charge in [-0.05, 0) is 101 Å². The molecule has 232 valence electrons. The molecule has 5 rings (SSSR count). The van der Waals surface area contributed by atoms with Crippen LogP contribution in [0.15, 0.2) is 112 Å². The van der Waals surface area contributed by atoms with E-state index < -0.39 is 17.1 Å². The van der Waals surface area contributed by atoms with Crippen LogP contribution in [0.25, 0.3) is 6.08 Å². The smallest absolute Gasteiger partial charge is 0.272 e. The molecule has 1 fully saturated rings. The summed E-state index contributed by atoms with van der Waals surface area (Å²) in [5.41, 5.74) is 2.36. The average Bonchev–Trinajstić information content (AvgIpc) is 3.32. The largest absolute Gasteiger partial charge is 0.496 e. The molecule has 0 radical (unpaired) electrons. The Morgan fingerprint density at radius 1 is 0.913 bits per heavy atom. The molecule has 11 heteroatoms. The number of thioether (sulfide) groups is 1. The van der Waals surface area contributed by atoms with Gasteiger partial charge in [-0.2, -0.15) is 0 Å². The number of ketones is 1. The number of rotatable bonds is 10. The fourth-order valence-corrected chi connectivity index (χ4v) is 6.38. The lowest BCUT2D eigenvalue weighted by molar-refractivity contribution is -0.121. The summed E-state index contributed by atoms with van der Waals surface area (Å²) in [6.07, 6.45) is 1.56. The van der Waals surface area contributed by atoms with E-state index in [1.54, 1.807) is 110 Å². The van der Waals surface area contributed by atoms with Crippen molar-refractivity contribution >= 4 is 74.6 Å². The number of hydrogen-bond donors (Lipinski definition) is 2. The van der Waals surface area contributed by atoms with Crippen molar-refractivity contribution in [3.8, 4) is 5.75 Å². The highest BCUT2D eigenvalue weighted by atomic mass is 79.9. The number of nitrogens with zero attached hydrogens (tertiary/aromatic N) is 1. The maximum Gasteiger partial charge on any atom is 0.272 e. The molecule has 0 aromatic heterocycles. The fourth-order valence-electron chi connectivity index (χ4n) is 4.70. The highest BCUT2D eigenvalue weighted by Gasteiger charge is 2.40. The monoisotopic (exact) mass is 697 g/mol. The van der Waals surface area contributed by atoms with Crippen LogP contribution in [0, 0.1) is 0 Å². The minimum Gasteiger partial charge on any atom is -0.496 e. The van der Waals surface area contributed by atoms with Gasteiger partial charge >= 0.3 is 0 Å².